The third-order valence-corrected chi connectivity index (χ3v) is 4.26. The molecule has 2 rings (SSSR count). The second-order valence-corrected chi connectivity index (χ2v) is 6.15. The summed E-state index contributed by atoms with van der Waals surface area (Å²) in [5.74, 6) is -0.901. The van der Waals surface area contributed by atoms with Crippen molar-refractivity contribution >= 4 is 21.6 Å². The van der Waals surface area contributed by atoms with Crippen LogP contribution in [-0.2, 0) is 10.0 Å². The maximum absolute atomic E-state index is 12.9. The summed E-state index contributed by atoms with van der Waals surface area (Å²) in [6, 6.07) is 10.7. The Morgan fingerprint density at radius 3 is 2.36 bits per heavy atom. The number of nitrogens with one attached hydrogen (secondary N) is 2. The summed E-state index contributed by atoms with van der Waals surface area (Å²) in [6.07, 6.45) is 0. The molecule has 0 spiro atoms. The molecule has 2 aromatic rings. The largest absolute Gasteiger partial charge is 0.352 e. The van der Waals surface area contributed by atoms with Crippen LogP contribution >= 0.6 is 0 Å². The number of halogens is 1. The number of para-hydroxylation sites is 1. The zero-order valence-corrected chi connectivity index (χ0v) is 12.7. The Hall–Kier alpha value is -2.41. The minimum absolute atomic E-state index is 0.0837. The average molecular weight is 322 g/mol. The van der Waals surface area contributed by atoms with E-state index in [4.69, 9.17) is 0 Å². The number of sulfonamides is 1. The van der Waals surface area contributed by atoms with Crippen molar-refractivity contribution in [2.45, 2.75) is 11.8 Å². The number of amides is 1. The molecular formula is C15H15FN2O3S. The van der Waals surface area contributed by atoms with E-state index >= 15 is 0 Å². The van der Waals surface area contributed by atoms with Gasteiger partial charge >= 0.3 is 0 Å². The van der Waals surface area contributed by atoms with Crippen LogP contribution in [0.1, 0.15) is 17.3 Å². The molecule has 0 bridgehead atoms. The predicted molar refractivity (Wildman–Crippen MR) is 81.7 cm³/mol. The van der Waals surface area contributed by atoms with E-state index in [1.165, 1.54) is 12.1 Å². The molecule has 7 heteroatoms. The fourth-order valence-electron chi connectivity index (χ4n) is 1.84. The Morgan fingerprint density at radius 2 is 1.73 bits per heavy atom. The molecule has 0 radical (unpaired) electrons. The SMILES string of the molecule is CCNC(=O)c1ccccc1NS(=O)(=O)c1ccc(F)cc1. The molecule has 0 aromatic heterocycles. The summed E-state index contributed by atoms with van der Waals surface area (Å²) in [6.45, 7) is 2.20. The summed E-state index contributed by atoms with van der Waals surface area (Å²) in [5, 5.41) is 2.61. The van der Waals surface area contributed by atoms with Crippen molar-refractivity contribution in [3.8, 4) is 0 Å². The first-order chi connectivity index (χ1) is 10.4. The quantitative estimate of drug-likeness (QED) is 0.887. The summed E-state index contributed by atoms with van der Waals surface area (Å²) < 4.78 is 39.8. The Bertz CT molecular complexity index is 774. The van der Waals surface area contributed by atoms with E-state index in [0.717, 1.165) is 24.3 Å². The van der Waals surface area contributed by atoms with Gasteiger partial charge in [-0.2, -0.15) is 0 Å². The second kappa shape index (κ2) is 6.57. The molecule has 0 saturated heterocycles. The molecule has 0 fully saturated rings. The van der Waals surface area contributed by atoms with Gasteiger partial charge in [0.1, 0.15) is 5.82 Å². The highest BCUT2D eigenvalue weighted by atomic mass is 32.2. The van der Waals surface area contributed by atoms with Gasteiger partial charge in [0.05, 0.1) is 16.1 Å². The number of carbonyl (C=O) groups is 1. The highest BCUT2D eigenvalue weighted by Gasteiger charge is 2.18. The van der Waals surface area contributed by atoms with E-state index in [-0.39, 0.29) is 22.1 Å². The zero-order valence-electron chi connectivity index (χ0n) is 11.8. The number of hydrogen-bond donors (Lipinski definition) is 2. The van der Waals surface area contributed by atoms with E-state index in [1.54, 1.807) is 19.1 Å². The van der Waals surface area contributed by atoms with Gasteiger partial charge in [-0.3, -0.25) is 9.52 Å². The summed E-state index contributed by atoms with van der Waals surface area (Å²) in [5.41, 5.74) is 0.382. The third-order valence-electron chi connectivity index (χ3n) is 2.88. The van der Waals surface area contributed by atoms with Crippen molar-refractivity contribution in [1.82, 2.24) is 5.32 Å². The lowest BCUT2D eigenvalue weighted by molar-refractivity contribution is 0.0956. The maximum Gasteiger partial charge on any atom is 0.261 e. The monoisotopic (exact) mass is 322 g/mol. The van der Waals surface area contributed by atoms with Crippen LogP contribution in [0.5, 0.6) is 0 Å². The summed E-state index contributed by atoms with van der Waals surface area (Å²) in [4.78, 5) is 11.9. The van der Waals surface area contributed by atoms with Crippen molar-refractivity contribution in [2.75, 3.05) is 11.3 Å². The van der Waals surface area contributed by atoms with Crippen molar-refractivity contribution in [1.29, 1.82) is 0 Å². The van der Waals surface area contributed by atoms with E-state index < -0.39 is 15.8 Å². The van der Waals surface area contributed by atoms with Crippen molar-refractivity contribution in [3.63, 3.8) is 0 Å². The number of carbonyl (C=O) groups excluding carboxylic acids is 1. The molecule has 0 aliphatic carbocycles. The van der Waals surface area contributed by atoms with E-state index in [1.807, 2.05) is 0 Å². The lowest BCUT2D eigenvalue weighted by atomic mass is 10.2. The van der Waals surface area contributed by atoms with Gasteiger partial charge in [-0.05, 0) is 43.3 Å². The Morgan fingerprint density at radius 1 is 1.09 bits per heavy atom. The van der Waals surface area contributed by atoms with Gasteiger partial charge in [0.25, 0.3) is 15.9 Å². The van der Waals surface area contributed by atoms with Crippen LogP contribution in [0.2, 0.25) is 0 Å². The third kappa shape index (κ3) is 3.62. The molecule has 116 valence electrons. The topological polar surface area (TPSA) is 75.3 Å². The number of anilines is 1. The molecule has 0 heterocycles. The van der Waals surface area contributed by atoms with Crippen LogP contribution in [0, 0.1) is 5.82 Å². The molecule has 5 nitrogen and oxygen atoms in total. The van der Waals surface area contributed by atoms with Crippen LogP contribution < -0.4 is 10.0 Å². The fourth-order valence-corrected chi connectivity index (χ4v) is 2.92. The van der Waals surface area contributed by atoms with Gasteiger partial charge < -0.3 is 5.32 Å². The Balaban J connectivity index is 2.34. The molecule has 2 N–H and O–H groups in total. The van der Waals surface area contributed by atoms with Crippen LogP contribution in [0.25, 0.3) is 0 Å². The van der Waals surface area contributed by atoms with E-state index in [9.17, 15) is 17.6 Å². The molecule has 2 aromatic carbocycles. The van der Waals surface area contributed by atoms with Gasteiger partial charge in [0, 0.05) is 6.54 Å². The molecule has 0 aliphatic heterocycles. The molecule has 0 saturated carbocycles. The minimum Gasteiger partial charge on any atom is -0.352 e. The van der Waals surface area contributed by atoms with Crippen molar-refractivity contribution in [2.24, 2.45) is 0 Å². The average Bonchev–Trinajstić information content (AvgIpc) is 2.48. The second-order valence-electron chi connectivity index (χ2n) is 4.46. The minimum atomic E-state index is -3.90. The fraction of sp³-hybridized carbons (Fsp3) is 0.133. The van der Waals surface area contributed by atoms with E-state index in [2.05, 4.69) is 10.0 Å². The van der Waals surface area contributed by atoms with Gasteiger partial charge in [0.15, 0.2) is 0 Å². The molecule has 0 aliphatic rings. The number of benzene rings is 2. The first-order valence-electron chi connectivity index (χ1n) is 6.59. The van der Waals surface area contributed by atoms with Gasteiger partial charge in [-0.1, -0.05) is 12.1 Å². The van der Waals surface area contributed by atoms with Gasteiger partial charge in [0.2, 0.25) is 0 Å². The predicted octanol–water partition coefficient (Wildman–Crippen LogP) is 2.38. The normalized spacial score (nSPS) is 11.0. The van der Waals surface area contributed by atoms with Crippen LogP contribution in [0.4, 0.5) is 10.1 Å². The van der Waals surface area contributed by atoms with Crippen molar-refractivity contribution < 1.29 is 17.6 Å². The van der Waals surface area contributed by atoms with Crippen LogP contribution in [-0.4, -0.2) is 20.9 Å². The smallest absolute Gasteiger partial charge is 0.261 e. The van der Waals surface area contributed by atoms with Gasteiger partial charge in [-0.25, -0.2) is 12.8 Å². The van der Waals surface area contributed by atoms with E-state index in [0.29, 0.717) is 6.54 Å². The first-order valence-corrected chi connectivity index (χ1v) is 8.08. The number of rotatable bonds is 5. The zero-order chi connectivity index (χ0) is 16.2. The molecule has 0 atom stereocenters. The lowest BCUT2D eigenvalue weighted by Gasteiger charge is -2.12. The standard InChI is InChI=1S/C15H15FN2O3S/c1-2-17-15(19)13-5-3-4-6-14(13)18-22(20,21)12-9-7-11(16)8-10-12/h3-10,18H,2H2,1H3,(H,17,19). The van der Waals surface area contributed by atoms with Crippen LogP contribution in [0.15, 0.2) is 53.4 Å². The maximum atomic E-state index is 12.9. The number of hydrogen-bond acceptors (Lipinski definition) is 3. The Labute approximate surface area is 128 Å². The highest BCUT2D eigenvalue weighted by Crippen LogP contribution is 2.20. The van der Waals surface area contributed by atoms with Crippen molar-refractivity contribution in [3.05, 3.63) is 59.9 Å². The molecule has 1 amide bonds. The summed E-state index contributed by atoms with van der Waals surface area (Å²) in [7, 11) is -3.90. The molecule has 22 heavy (non-hydrogen) atoms. The molecular weight excluding hydrogens is 307 g/mol. The lowest BCUT2D eigenvalue weighted by Crippen LogP contribution is -2.24. The highest BCUT2D eigenvalue weighted by molar-refractivity contribution is 7.92. The van der Waals surface area contributed by atoms with Crippen LogP contribution in [0.3, 0.4) is 0 Å². The molecule has 0 unspecified atom stereocenters. The first kappa shape index (κ1) is 16.0. The summed E-state index contributed by atoms with van der Waals surface area (Å²) >= 11 is 0. The van der Waals surface area contributed by atoms with Gasteiger partial charge in [-0.15, -0.1) is 0 Å². The Kier molecular flexibility index (Phi) is 4.77.